The van der Waals surface area contributed by atoms with E-state index in [9.17, 15) is 4.79 Å². The van der Waals surface area contributed by atoms with Gasteiger partial charge in [0.2, 0.25) is 0 Å². The Hall–Kier alpha value is -1.15. The molecule has 1 fully saturated rings. The molecule has 0 spiro atoms. The largest absolute Gasteiger partial charge is 0.328 e. The van der Waals surface area contributed by atoms with Crippen LogP contribution in [0.15, 0.2) is 24.3 Å². The zero-order valence-corrected chi connectivity index (χ0v) is 12.2. The van der Waals surface area contributed by atoms with Crippen LogP contribution < -0.4 is 5.73 Å². The summed E-state index contributed by atoms with van der Waals surface area (Å²) in [6, 6.07) is 9.01. The van der Waals surface area contributed by atoms with E-state index in [0.717, 1.165) is 32.1 Å². The molecule has 2 aliphatic carbocycles. The molecule has 2 aliphatic rings. The van der Waals surface area contributed by atoms with Gasteiger partial charge in [0.05, 0.1) is 0 Å². The van der Waals surface area contributed by atoms with Crippen LogP contribution in [0.3, 0.4) is 0 Å². The van der Waals surface area contributed by atoms with Crippen LogP contribution in [0, 0.1) is 5.92 Å². The summed E-state index contributed by atoms with van der Waals surface area (Å²) in [5.74, 6) is 1.23. The molecular formula is C18H25NO. The van der Waals surface area contributed by atoms with Crippen LogP contribution >= 0.6 is 0 Å². The minimum Gasteiger partial charge on any atom is -0.328 e. The first-order valence-electron chi connectivity index (χ1n) is 8.10. The van der Waals surface area contributed by atoms with Gasteiger partial charge in [-0.1, -0.05) is 24.3 Å². The molecule has 1 saturated carbocycles. The minimum atomic E-state index is 0.281. The molecule has 3 rings (SSSR count). The van der Waals surface area contributed by atoms with Gasteiger partial charge >= 0.3 is 0 Å². The van der Waals surface area contributed by atoms with Gasteiger partial charge in [0, 0.05) is 18.4 Å². The predicted molar refractivity (Wildman–Crippen MR) is 81.7 cm³/mol. The second-order valence-corrected chi connectivity index (χ2v) is 6.57. The normalized spacial score (nSPS) is 29.8. The van der Waals surface area contributed by atoms with Crippen LogP contribution in [0.1, 0.15) is 62.0 Å². The smallest absolute Gasteiger partial charge is 0.136 e. The molecule has 0 aliphatic heterocycles. The number of hydrogen-bond acceptors (Lipinski definition) is 2. The van der Waals surface area contributed by atoms with Crippen LogP contribution in [-0.4, -0.2) is 11.8 Å². The number of aryl methyl sites for hydroxylation is 1. The van der Waals surface area contributed by atoms with Crippen LogP contribution in [-0.2, 0) is 11.2 Å². The molecule has 0 amide bonds. The van der Waals surface area contributed by atoms with E-state index in [1.807, 2.05) is 0 Å². The monoisotopic (exact) mass is 271 g/mol. The van der Waals surface area contributed by atoms with E-state index in [2.05, 4.69) is 24.3 Å². The Labute approximate surface area is 121 Å². The third-order valence-corrected chi connectivity index (χ3v) is 5.17. The van der Waals surface area contributed by atoms with E-state index < -0.39 is 0 Å². The maximum absolute atomic E-state index is 12.5. The Bertz CT molecular complexity index is 474. The average molecular weight is 271 g/mol. The van der Waals surface area contributed by atoms with E-state index in [1.165, 1.54) is 30.4 Å². The van der Waals surface area contributed by atoms with Gasteiger partial charge in [0.15, 0.2) is 0 Å². The zero-order chi connectivity index (χ0) is 13.9. The molecule has 0 radical (unpaired) electrons. The maximum Gasteiger partial charge on any atom is 0.136 e. The average Bonchev–Trinajstić information content (AvgIpc) is 2.48. The van der Waals surface area contributed by atoms with Crippen molar-refractivity contribution in [3.63, 3.8) is 0 Å². The molecule has 108 valence electrons. The number of hydrogen-bond donors (Lipinski definition) is 1. The summed E-state index contributed by atoms with van der Waals surface area (Å²) in [6.07, 6.45) is 8.40. The third-order valence-electron chi connectivity index (χ3n) is 5.17. The van der Waals surface area contributed by atoms with Crippen molar-refractivity contribution in [1.82, 2.24) is 0 Å². The quantitative estimate of drug-likeness (QED) is 0.913. The highest BCUT2D eigenvalue weighted by molar-refractivity contribution is 5.82. The molecule has 2 nitrogen and oxygen atoms in total. The third kappa shape index (κ3) is 2.95. The summed E-state index contributed by atoms with van der Waals surface area (Å²) in [5, 5.41) is 0. The standard InChI is InChI=1S/C18H25NO/c19-16-10-8-14(9-11-16)18(20)12-15-6-3-5-13-4-1-2-7-17(13)15/h1-2,4,7,14-16H,3,5-6,8-12,19H2. The van der Waals surface area contributed by atoms with Crippen molar-refractivity contribution in [1.29, 1.82) is 0 Å². The fraction of sp³-hybridized carbons (Fsp3) is 0.611. The van der Waals surface area contributed by atoms with E-state index in [0.29, 0.717) is 17.7 Å². The van der Waals surface area contributed by atoms with Crippen LogP contribution in [0.25, 0.3) is 0 Å². The fourth-order valence-corrected chi connectivity index (χ4v) is 3.92. The summed E-state index contributed by atoms with van der Waals surface area (Å²) in [4.78, 5) is 12.5. The lowest BCUT2D eigenvalue weighted by atomic mass is 9.76. The van der Waals surface area contributed by atoms with Crippen molar-refractivity contribution in [3.05, 3.63) is 35.4 Å². The SMILES string of the molecule is NC1CCC(C(=O)CC2CCCc3ccccc32)CC1. The number of Topliss-reactive ketones (excluding diaryl/α,β-unsaturated/α-hetero) is 1. The van der Waals surface area contributed by atoms with Gasteiger partial charge < -0.3 is 5.73 Å². The first-order valence-corrected chi connectivity index (χ1v) is 8.10. The molecule has 20 heavy (non-hydrogen) atoms. The molecule has 1 aromatic rings. The molecule has 2 heteroatoms. The lowest BCUT2D eigenvalue weighted by molar-refractivity contribution is -0.124. The molecule has 0 saturated heterocycles. The Morgan fingerprint density at radius 1 is 1.10 bits per heavy atom. The molecule has 1 atom stereocenters. The molecule has 0 bridgehead atoms. The number of benzene rings is 1. The number of carbonyl (C=O) groups excluding carboxylic acids is 1. The van der Waals surface area contributed by atoms with Gasteiger partial charge in [-0.2, -0.15) is 0 Å². The van der Waals surface area contributed by atoms with Crippen molar-refractivity contribution >= 4 is 5.78 Å². The number of fused-ring (bicyclic) bond motifs is 1. The Morgan fingerprint density at radius 3 is 2.65 bits per heavy atom. The van der Waals surface area contributed by atoms with Gasteiger partial charge in [-0.15, -0.1) is 0 Å². The molecule has 1 aromatic carbocycles. The van der Waals surface area contributed by atoms with Crippen LogP contribution in [0.2, 0.25) is 0 Å². The number of ketones is 1. The highest BCUT2D eigenvalue weighted by atomic mass is 16.1. The first kappa shape index (κ1) is 13.8. The second kappa shape index (κ2) is 6.09. The summed E-state index contributed by atoms with van der Waals surface area (Å²) in [7, 11) is 0. The van der Waals surface area contributed by atoms with Crippen molar-refractivity contribution < 1.29 is 4.79 Å². The zero-order valence-electron chi connectivity index (χ0n) is 12.2. The number of nitrogens with two attached hydrogens (primary N) is 1. The van der Waals surface area contributed by atoms with E-state index in [-0.39, 0.29) is 5.92 Å². The first-order chi connectivity index (χ1) is 9.74. The van der Waals surface area contributed by atoms with E-state index >= 15 is 0 Å². The Kier molecular flexibility index (Phi) is 4.21. The van der Waals surface area contributed by atoms with Gasteiger partial charge in [0.1, 0.15) is 5.78 Å². The van der Waals surface area contributed by atoms with Gasteiger partial charge in [-0.3, -0.25) is 4.79 Å². The van der Waals surface area contributed by atoms with Crippen LogP contribution in [0.5, 0.6) is 0 Å². The summed E-state index contributed by atoms with van der Waals surface area (Å²) in [5.41, 5.74) is 8.82. The lowest BCUT2D eigenvalue weighted by Gasteiger charge is -2.29. The molecular weight excluding hydrogens is 246 g/mol. The summed E-state index contributed by atoms with van der Waals surface area (Å²) < 4.78 is 0. The van der Waals surface area contributed by atoms with Crippen molar-refractivity contribution in [2.75, 3.05) is 0 Å². The molecule has 1 unspecified atom stereocenters. The minimum absolute atomic E-state index is 0.281. The maximum atomic E-state index is 12.5. The number of carbonyl (C=O) groups is 1. The summed E-state index contributed by atoms with van der Waals surface area (Å²) in [6.45, 7) is 0. The molecule has 2 N–H and O–H groups in total. The lowest BCUT2D eigenvalue weighted by Crippen LogP contribution is -2.30. The number of rotatable bonds is 3. The summed E-state index contributed by atoms with van der Waals surface area (Å²) >= 11 is 0. The highest BCUT2D eigenvalue weighted by Crippen LogP contribution is 2.36. The topological polar surface area (TPSA) is 43.1 Å². The van der Waals surface area contributed by atoms with Gasteiger partial charge in [0.25, 0.3) is 0 Å². The van der Waals surface area contributed by atoms with Crippen molar-refractivity contribution in [3.8, 4) is 0 Å². The van der Waals surface area contributed by atoms with E-state index in [1.54, 1.807) is 0 Å². The van der Waals surface area contributed by atoms with Gasteiger partial charge in [-0.05, 0) is 62.0 Å². The van der Waals surface area contributed by atoms with Gasteiger partial charge in [-0.25, -0.2) is 0 Å². The predicted octanol–water partition coefficient (Wildman–Crippen LogP) is 3.58. The Balaban J connectivity index is 1.65. The van der Waals surface area contributed by atoms with E-state index in [4.69, 9.17) is 5.73 Å². The molecule has 0 heterocycles. The fourth-order valence-electron chi connectivity index (χ4n) is 3.92. The Morgan fingerprint density at radius 2 is 1.85 bits per heavy atom. The van der Waals surface area contributed by atoms with Crippen molar-refractivity contribution in [2.45, 2.75) is 63.3 Å². The van der Waals surface area contributed by atoms with Crippen LogP contribution in [0.4, 0.5) is 0 Å². The highest BCUT2D eigenvalue weighted by Gasteiger charge is 2.28. The molecule has 0 aromatic heterocycles. The van der Waals surface area contributed by atoms with Crippen molar-refractivity contribution in [2.24, 2.45) is 11.7 Å². The second-order valence-electron chi connectivity index (χ2n) is 6.57.